The number of benzene rings is 3. The molecule has 6 heteroatoms. The molecular formula is C29H23FN4S. The number of aromatic nitrogens is 2. The van der Waals surface area contributed by atoms with E-state index in [4.69, 9.17) is 12.2 Å². The van der Waals surface area contributed by atoms with E-state index in [1.807, 2.05) is 30.3 Å². The third kappa shape index (κ3) is 3.76. The zero-order valence-electron chi connectivity index (χ0n) is 19.1. The van der Waals surface area contributed by atoms with E-state index in [0.717, 1.165) is 22.8 Å². The Labute approximate surface area is 208 Å². The average Bonchev–Trinajstić information content (AvgIpc) is 3.50. The molecule has 6 rings (SSSR count). The molecule has 0 radical (unpaired) electrons. The summed E-state index contributed by atoms with van der Waals surface area (Å²) in [6.45, 7) is 1.77. The minimum Gasteiger partial charge on any atom is -0.351 e. The largest absolute Gasteiger partial charge is 0.351 e. The number of aryl methyl sites for hydroxylation is 1. The first-order valence-electron chi connectivity index (χ1n) is 11.5. The van der Waals surface area contributed by atoms with E-state index < -0.39 is 0 Å². The summed E-state index contributed by atoms with van der Waals surface area (Å²) in [4.78, 5) is 6.72. The van der Waals surface area contributed by atoms with Crippen LogP contribution in [0.2, 0.25) is 0 Å². The number of fused-ring (bicyclic) bond motifs is 1. The molecule has 0 amide bonds. The fraction of sp³-hybridized carbons (Fsp3) is 0.103. The number of pyridine rings is 1. The summed E-state index contributed by atoms with van der Waals surface area (Å²) in [5.41, 5.74) is 4.44. The highest BCUT2D eigenvalue weighted by atomic mass is 32.1. The summed E-state index contributed by atoms with van der Waals surface area (Å²) in [6, 6.07) is 29.7. The second-order valence-electron chi connectivity index (χ2n) is 8.76. The van der Waals surface area contributed by atoms with Crippen LogP contribution in [0.3, 0.4) is 0 Å². The van der Waals surface area contributed by atoms with Gasteiger partial charge in [0.05, 0.1) is 11.7 Å². The lowest BCUT2D eigenvalue weighted by molar-refractivity contribution is 0.549. The van der Waals surface area contributed by atoms with Gasteiger partial charge in [0, 0.05) is 29.5 Å². The molecule has 2 atom stereocenters. The zero-order chi connectivity index (χ0) is 23.9. The van der Waals surface area contributed by atoms with Gasteiger partial charge in [-0.05, 0) is 90.1 Å². The molecule has 0 saturated carbocycles. The minimum atomic E-state index is -0.232. The van der Waals surface area contributed by atoms with Gasteiger partial charge >= 0.3 is 0 Å². The van der Waals surface area contributed by atoms with Crippen molar-refractivity contribution in [2.24, 2.45) is 0 Å². The molecule has 0 aliphatic carbocycles. The van der Waals surface area contributed by atoms with Gasteiger partial charge in [-0.25, -0.2) is 4.39 Å². The summed E-state index contributed by atoms with van der Waals surface area (Å²) >= 11 is 5.83. The van der Waals surface area contributed by atoms with Gasteiger partial charge in [-0.2, -0.15) is 0 Å². The molecule has 3 aromatic carbocycles. The number of hydrogen-bond acceptors (Lipinski definition) is 2. The maximum atomic E-state index is 14.1. The number of halogens is 1. The Morgan fingerprint density at radius 2 is 1.66 bits per heavy atom. The SMILES string of the molecule is Cc1cc(N2C(=S)N[C@H](c3ccccn3)[C@H]2c2cccn2-c2ccc3ccccc3c2)ccc1F. The molecule has 1 N–H and O–H groups in total. The van der Waals surface area contributed by atoms with E-state index in [9.17, 15) is 4.39 Å². The van der Waals surface area contributed by atoms with Crippen molar-refractivity contribution in [3.05, 3.63) is 126 Å². The Morgan fingerprint density at radius 3 is 2.46 bits per heavy atom. The highest BCUT2D eigenvalue weighted by Gasteiger charge is 2.42. The summed E-state index contributed by atoms with van der Waals surface area (Å²) in [5.74, 6) is -0.232. The van der Waals surface area contributed by atoms with Crippen LogP contribution in [0.25, 0.3) is 16.5 Å². The summed E-state index contributed by atoms with van der Waals surface area (Å²) in [5, 5.41) is 6.45. The Bertz CT molecular complexity index is 1550. The van der Waals surface area contributed by atoms with Crippen LogP contribution in [-0.4, -0.2) is 14.7 Å². The lowest BCUT2D eigenvalue weighted by atomic mass is 10.00. The fourth-order valence-electron chi connectivity index (χ4n) is 4.91. The molecule has 35 heavy (non-hydrogen) atoms. The molecule has 0 bridgehead atoms. The molecule has 1 fully saturated rings. The van der Waals surface area contributed by atoms with Crippen molar-refractivity contribution in [2.75, 3.05) is 4.90 Å². The van der Waals surface area contributed by atoms with Crippen LogP contribution in [-0.2, 0) is 0 Å². The van der Waals surface area contributed by atoms with Crippen LogP contribution in [0.5, 0.6) is 0 Å². The van der Waals surface area contributed by atoms with Gasteiger partial charge < -0.3 is 14.8 Å². The molecule has 1 saturated heterocycles. The first-order valence-corrected chi connectivity index (χ1v) is 11.9. The van der Waals surface area contributed by atoms with Crippen LogP contribution < -0.4 is 10.2 Å². The van der Waals surface area contributed by atoms with Crippen LogP contribution in [0.4, 0.5) is 10.1 Å². The van der Waals surface area contributed by atoms with Gasteiger partial charge in [0.2, 0.25) is 0 Å². The topological polar surface area (TPSA) is 33.1 Å². The lowest BCUT2D eigenvalue weighted by Crippen LogP contribution is -2.30. The minimum absolute atomic E-state index is 0.178. The average molecular weight is 479 g/mol. The van der Waals surface area contributed by atoms with Crippen molar-refractivity contribution in [3.8, 4) is 5.69 Å². The molecule has 5 aromatic rings. The van der Waals surface area contributed by atoms with Crippen molar-refractivity contribution >= 4 is 33.8 Å². The first kappa shape index (κ1) is 21.5. The molecule has 172 valence electrons. The van der Waals surface area contributed by atoms with Crippen LogP contribution in [0.15, 0.2) is 103 Å². The normalized spacial score (nSPS) is 17.7. The van der Waals surface area contributed by atoms with Crippen LogP contribution >= 0.6 is 12.2 Å². The van der Waals surface area contributed by atoms with Gasteiger partial charge in [-0.1, -0.05) is 36.4 Å². The van der Waals surface area contributed by atoms with Gasteiger partial charge in [0.25, 0.3) is 0 Å². The Morgan fingerprint density at radius 1 is 0.857 bits per heavy atom. The van der Waals surface area contributed by atoms with Crippen LogP contribution in [0, 0.1) is 12.7 Å². The monoisotopic (exact) mass is 478 g/mol. The van der Waals surface area contributed by atoms with Crippen molar-refractivity contribution < 1.29 is 4.39 Å². The van der Waals surface area contributed by atoms with Crippen molar-refractivity contribution in [3.63, 3.8) is 0 Å². The standard InChI is InChI=1S/C29H23FN4S/c1-19-17-23(13-14-24(19)30)34-28(27(32-29(34)35)25-9-4-5-15-31-25)26-10-6-16-33(26)22-12-11-20-7-2-3-8-21(20)18-22/h2-18,27-28H,1H3,(H,32,35)/t27-,28-/m1/s1. The fourth-order valence-corrected chi connectivity index (χ4v) is 5.25. The van der Waals surface area contributed by atoms with Crippen molar-refractivity contribution in [1.82, 2.24) is 14.9 Å². The molecule has 3 heterocycles. The number of rotatable bonds is 4. The number of thiocarbonyl (C=S) groups is 1. The molecule has 1 aliphatic rings. The predicted octanol–water partition coefficient (Wildman–Crippen LogP) is 6.65. The second kappa shape index (κ2) is 8.64. The quantitative estimate of drug-likeness (QED) is 0.293. The summed E-state index contributed by atoms with van der Waals surface area (Å²) < 4.78 is 16.3. The summed E-state index contributed by atoms with van der Waals surface area (Å²) in [7, 11) is 0. The van der Waals surface area contributed by atoms with E-state index in [1.54, 1.807) is 19.2 Å². The highest BCUT2D eigenvalue weighted by molar-refractivity contribution is 7.80. The number of hydrogen-bond donors (Lipinski definition) is 1. The molecule has 2 aromatic heterocycles. The van der Waals surface area contributed by atoms with E-state index >= 15 is 0 Å². The van der Waals surface area contributed by atoms with E-state index in [2.05, 4.69) is 74.5 Å². The molecule has 1 aliphatic heterocycles. The maximum absolute atomic E-state index is 14.1. The third-order valence-electron chi connectivity index (χ3n) is 6.61. The van der Waals surface area contributed by atoms with E-state index in [1.165, 1.54) is 16.8 Å². The number of nitrogens with one attached hydrogen (secondary N) is 1. The van der Waals surface area contributed by atoms with E-state index in [0.29, 0.717) is 10.7 Å². The van der Waals surface area contributed by atoms with Gasteiger partial charge in [-0.3, -0.25) is 4.98 Å². The smallest absolute Gasteiger partial charge is 0.174 e. The highest BCUT2D eigenvalue weighted by Crippen LogP contribution is 2.42. The zero-order valence-corrected chi connectivity index (χ0v) is 19.9. The summed E-state index contributed by atoms with van der Waals surface area (Å²) in [6.07, 6.45) is 3.87. The molecule has 4 nitrogen and oxygen atoms in total. The van der Waals surface area contributed by atoms with Gasteiger partial charge in [0.1, 0.15) is 11.9 Å². The predicted molar refractivity (Wildman–Crippen MR) is 142 cm³/mol. The maximum Gasteiger partial charge on any atom is 0.174 e. The van der Waals surface area contributed by atoms with Gasteiger partial charge in [-0.15, -0.1) is 0 Å². The third-order valence-corrected chi connectivity index (χ3v) is 6.93. The second-order valence-corrected chi connectivity index (χ2v) is 9.15. The molecular weight excluding hydrogens is 455 g/mol. The van der Waals surface area contributed by atoms with E-state index in [-0.39, 0.29) is 17.9 Å². The Kier molecular flexibility index (Phi) is 5.30. The number of nitrogens with zero attached hydrogens (tertiary/aromatic N) is 3. The van der Waals surface area contributed by atoms with Crippen LogP contribution in [0.1, 0.15) is 29.0 Å². The van der Waals surface area contributed by atoms with Gasteiger partial charge in [0.15, 0.2) is 5.11 Å². The van der Waals surface area contributed by atoms with Crippen molar-refractivity contribution in [2.45, 2.75) is 19.0 Å². The lowest BCUT2D eigenvalue weighted by Gasteiger charge is -2.29. The number of anilines is 1. The Balaban J connectivity index is 1.52. The Hall–Kier alpha value is -4.03. The molecule has 0 spiro atoms. The first-order chi connectivity index (χ1) is 17.1. The van der Waals surface area contributed by atoms with Crippen molar-refractivity contribution in [1.29, 1.82) is 0 Å². The molecule has 0 unspecified atom stereocenters.